The van der Waals surface area contributed by atoms with Crippen LogP contribution in [0, 0.1) is 11.3 Å². The highest BCUT2D eigenvalue weighted by Crippen LogP contribution is 2.05. The fourth-order valence-corrected chi connectivity index (χ4v) is 1.58. The van der Waals surface area contributed by atoms with E-state index in [9.17, 15) is 0 Å². The van der Waals surface area contributed by atoms with Gasteiger partial charge in [0.1, 0.15) is 0 Å². The Morgan fingerprint density at radius 3 is 2.54 bits per heavy atom. The fraction of sp³-hybridized carbons (Fsp3) is 0.700. The molecule has 0 aromatic carbocycles. The van der Waals surface area contributed by atoms with Crippen LogP contribution >= 0.6 is 0 Å². The normalized spacial score (nSPS) is 22.2. The molecule has 1 unspecified atom stereocenters. The molecule has 1 saturated heterocycles. The maximum Gasteiger partial charge on any atom is 0.0866 e. The number of nitrogens with zero attached hydrogens (tertiary/aromatic N) is 3. The van der Waals surface area contributed by atoms with Crippen molar-refractivity contribution in [3.05, 3.63) is 12.7 Å². The number of hydrogen-bond donors (Lipinski definition) is 0. The van der Waals surface area contributed by atoms with E-state index in [4.69, 9.17) is 5.26 Å². The van der Waals surface area contributed by atoms with E-state index < -0.39 is 0 Å². The second kappa shape index (κ2) is 5.00. The van der Waals surface area contributed by atoms with Crippen LogP contribution in [0.4, 0.5) is 0 Å². The lowest BCUT2D eigenvalue weighted by molar-refractivity contribution is 0.127. The third-order valence-electron chi connectivity index (χ3n) is 2.62. The first kappa shape index (κ1) is 10.2. The average Bonchev–Trinajstić information content (AvgIpc) is 2.18. The van der Waals surface area contributed by atoms with Crippen LogP contribution in [0.25, 0.3) is 0 Å². The fourth-order valence-electron chi connectivity index (χ4n) is 1.58. The highest BCUT2D eigenvalue weighted by Gasteiger charge is 2.18. The summed E-state index contributed by atoms with van der Waals surface area (Å²) in [6, 6.07) is 2.64. The molecule has 13 heavy (non-hydrogen) atoms. The van der Waals surface area contributed by atoms with E-state index in [0.29, 0.717) is 12.6 Å². The minimum atomic E-state index is 0.462. The van der Waals surface area contributed by atoms with Crippen molar-refractivity contribution in [1.82, 2.24) is 9.80 Å². The van der Waals surface area contributed by atoms with Crippen LogP contribution in [0.3, 0.4) is 0 Å². The summed E-state index contributed by atoms with van der Waals surface area (Å²) in [4.78, 5) is 4.58. The van der Waals surface area contributed by atoms with Crippen molar-refractivity contribution in [2.24, 2.45) is 0 Å². The monoisotopic (exact) mass is 179 g/mol. The van der Waals surface area contributed by atoms with Gasteiger partial charge in [-0.05, 0) is 6.92 Å². The van der Waals surface area contributed by atoms with Crippen molar-refractivity contribution in [3.8, 4) is 6.07 Å². The molecule has 0 saturated carbocycles. The summed E-state index contributed by atoms with van der Waals surface area (Å²) in [5, 5.41) is 8.52. The molecule has 0 spiro atoms. The molecule has 0 bridgehead atoms. The van der Waals surface area contributed by atoms with Gasteiger partial charge in [-0.25, -0.2) is 0 Å². The molecule has 72 valence electrons. The first-order valence-electron chi connectivity index (χ1n) is 4.74. The third-order valence-corrected chi connectivity index (χ3v) is 2.62. The van der Waals surface area contributed by atoms with E-state index in [-0.39, 0.29) is 0 Å². The van der Waals surface area contributed by atoms with E-state index in [0.717, 1.165) is 26.2 Å². The van der Waals surface area contributed by atoms with Gasteiger partial charge in [-0.1, -0.05) is 6.08 Å². The smallest absolute Gasteiger partial charge is 0.0866 e. The lowest BCUT2D eigenvalue weighted by atomic mass is 10.2. The Morgan fingerprint density at radius 2 is 2.08 bits per heavy atom. The molecule has 0 amide bonds. The van der Waals surface area contributed by atoms with E-state index in [1.165, 1.54) is 0 Å². The van der Waals surface area contributed by atoms with Crippen molar-refractivity contribution in [3.63, 3.8) is 0 Å². The molecule has 0 aromatic rings. The van der Waals surface area contributed by atoms with Crippen molar-refractivity contribution >= 4 is 0 Å². The highest BCUT2D eigenvalue weighted by atomic mass is 15.3. The number of hydrogen-bond acceptors (Lipinski definition) is 3. The summed E-state index contributed by atoms with van der Waals surface area (Å²) in [5.41, 5.74) is 0. The predicted octanol–water partition coefficient (Wildman–Crippen LogP) is 0.702. The molecule has 3 nitrogen and oxygen atoms in total. The zero-order chi connectivity index (χ0) is 9.68. The lowest BCUT2D eigenvalue weighted by Gasteiger charge is -2.35. The number of rotatable bonds is 3. The highest BCUT2D eigenvalue weighted by molar-refractivity contribution is 4.88. The predicted molar refractivity (Wildman–Crippen MR) is 53.3 cm³/mol. The van der Waals surface area contributed by atoms with Gasteiger partial charge in [0.05, 0.1) is 12.6 Å². The van der Waals surface area contributed by atoms with Crippen molar-refractivity contribution in [2.75, 3.05) is 32.7 Å². The van der Waals surface area contributed by atoms with E-state index in [1.54, 1.807) is 0 Å². The van der Waals surface area contributed by atoms with Gasteiger partial charge in [0, 0.05) is 32.2 Å². The van der Waals surface area contributed by atoms with Gasteiger partial charge in [-0.3, -0.25) is 9.80 Å². The average molecular weight is 179 g/mol. The SMILES string of the molecule is C=CC(C)N1CCN(CC#N)CC1. The van der Waals surface area contributed by atoms with Crippen LogP contribution in [0.5, 0.6) is 0 Å². The first-order valence-corrected chi connectivity index (χ1v) is 4.74. The molecule has 1 aliphatic rings. The van der Waals surface area contributed by atoms with Gasteiger partial charge in [-0.15, -0.1) is 6.58 Å². The van der Waals surface area contributed by atoms with Gasteiger partial charge in [0.25, 0.3) is 0 Å². The third kappa shape index (κ3) is 2.83. The minimum absolute atomic E-state index is 0.462. The maximum absolute atomic E-state index is 8.52. The van der Waals surface area contributed by atoms with E-state index in [2.05, 4.69) is 29.4 Å². The Labute approximate surface area is 80.2 Å². The number of piperazine rings is 1. The summed E-state index contributed by atoms with van der Waals surface area (Å²) >= 11 is 0. The van der Waals surface area contributed by atoms with Crippen LogP contribution in [-0.2, 0) is 0 Å². The van der Waals surface area contributed by atoms with Crippen molar-refractivity contribution in [1.29, 1.82) is 5.26 Å². The Hall–Kier alpha value is -0.850. The molecule has 1 atom stereocenters. The van der Waals surface area contributed by atoms with E-state index >= 15 is 0 Å². The van der Waals surface area contributed by atoms with Crippen LogP contribution < -0.4 is 0 Å². The maximum atomic E-state index is 8.52. The molecule has 1 rings (SSSR count). The summed E-state index contributed by atoms with van der Waals surface area (Å²) in [6.45, 7) is 10.6. The molecular weight excluding hydrogens is 162 g/mol. The first-order chi connectivity index (χ1) is 6.27. The Bertz CT molecular complexity index is 199. The summed E-state index contributed by atoms with van der Waals surface area (Å²) < 4.78 is 0. The zero-order valence-electron chi connectivity index (χ0n) is 8.24. The molecule has 0 aliphatic carbocycles. The quantitative estimate of drug-likeness (QED) is 0.472. The Balaban J connectivity index is 2.31. The van der Waals surface area contributed by atoms with Gasteiger partial charge in [0.2, 0.25) is 0 Å². The second-order valence-electron chi connectivity index (χ2n) is 3.45. The number of nitriles is 1. The van der Waals surface area contributed by atoms with Crippen LogP contribution in [0.15, 0.2) is 12.7 Å². The van der Waals surface area contributed by atoms with Crippen LogP contribution in [-0.4, -0.2) is 48.6 Å². The molecule has 1 fully saturated rings. The largest absolute Gasteiger partial charge is 0.295 e. The molecule has 1 heterocycles. The molecule has 3 heteroatoms. The van der Waals surface area contributed by atoms with Crippen LogP contribution in [0.2, 0.25) is 0 Å². The molecule has 0 N–H and O–H groups in total. The van der Waals surface area contributed by atoms with E-state index in [1.807, 2.05) is 6.08 Å². The summed E-state index contributed by atoms with van der Waals surface area (Å²) in [6.07, 6.45) is 1.97. The zero-order valence-corrected chi connectivity index (χ0v) is 8.24. The summed E-state index contributed by atoms with van der Waals surface area (Å²) in [7, 11) is 0. The second-order valence-corrected chi connectivity index (χ2v) is 3.45. The van der Waals surface area contributed by atoms with Gasteiger partial charge in [0.15, 0.2) is 0 Å². The van der Waals surface area contributed by atoms with Crippen LogP contribution in [0.1, 0.15) is 6.92 Å². The Kier molecular flexibility index (Phi) is 3.94. The molecule has 1 aliphatic heterocycles. The van der Waals surface area contributed by atoms with Gasteiger partial charge in [-0.2, -0.15) is 5.26 Å². The summed E-state index contributed by atoms with van der Waals surface area (Å²) in [5.74, 6) is 0. The Morgan fingerprint density at radius 1 is 1.46 bits per heavy atom. The molecule has 0 aromatic heterocycles. The minimum Gasteiger partial charge on any atom is -0.295 e. The molecular formula is C10H17N3. The van der Waals surface area contributed by atoms with Crippen molar-refractivity contribution < 1.29 is 0 Å². The van der Waals surface area contributed by atoms with Crippen molar-refractivity contribution in [2.45, 2.75) is 13.0 Å². The van der Waals surface area contributed by atoms with Gasteiger partial charge < -0.3 is 0 Å². The molecule has 0 radical (unpaired) electrons. The topological polar surface area (TPSA) is 30.3 Å². The van der Waals surface area contributed by atoms with Gasteiger partial charge >= 0.3 is 0 Å². The lowest BCUT2D eigenvalue weighted by Crippen LogP contribution is -2.49. The standard InChI is InChI=1S/C10H17N3/c1-3-10(2)13-8-6-12(5-4-11)7-9-13/h3,10H,1,5-9H2,2H3.